The number of benzene rings is 1. The highest BCUT2D eigenvalue weighted by molar-refractivity contribution is 6.07. The van der Waals surface area contributed by atoms with Gasteiger partial charge in [0.25, 0.3) is 5.91 Å². The highest BCUT2D eigenvalue weighted by Crippen LogP contribution is 2.43. The second kappa shape index (κ2) is 8.55. The van der Waals surface area contributed by atoms with Crippen LogP contribution >= 0.6 is 0 Å². The molecule has 1 aromatic rings. The highest BCUT2D eigenvalue weighted by Gasteiger charge is 2.54. The van der Waals surface area contributed by atoms with E-state index in [0.717, 1.165) is 11.4 Å². The molecule has 8 nitrogen and oxygen atoms in total. The topological polar surface area (TPSA) is 97.0 Å². The summed E-state index contributed by atoms with van der Waals surface area (Å²) in [7, 11) is 0. The maximum Gasteiger partial charge on any atom is 0.430 e. The third-order valence-electron chi connectivity index (χ3n) is 4.20. The Morgan fingerprint density at radius 2 is 1.85 bits per heavy atom. The van der Waals surface area contributed by atoms with Crippen molar-refractivity contribution in [2.75, 3.05) is 18.5 Å². The predicted molar refractivity (Wildman–Crippen MR) is 95.3 cm³/mol. The molecule has 0 aliphatic carbocycles. The van der Waals surface area contributed by atoms with Crippen molar-refractivity contribution in [1.29, 1.82) is 0 Å². The Hall–Kier alpha value is -2.77. The zero-order valence-electron chi connectivity index (χ0n) is 15.3. The maximum absolute atomic E-state index is 13.0. The molecule has 2 N–H and O–H groups in total. The molecule has 0 saturated carbocycles. The maximum atomic E-state index is 13.0. The quantitative estimate of drug-likeness (QED) is 0.757. The van der Waals surface area contributed by atoms with E-state index in [-0.39, 0.29) is 13.2 Å². The summed E-state index contributed by atoms with van der Waals surface area (Å²) in [6, 6.07) is 7.10. The number of nitrogens with zero attached hydrogens (tertiary/aromatic N) is 1. The van der Waals surface area contributed by atoms with Gasteiger partial charge in [-0.1, -0.05) is 38.0 Å². The van der Waals surface area contributed by atoms with Crippen molar-refractivity contribution in [3.05, 3.63) is 29.8 Å². The van der Waals surface area contributed by atoms with Crippen molar-refractivity contribution >= 4 is 23.8 Å². The first-order chi connectivity index (χ1) is 12.5. The lowest BCUT2D eigenvalue weighted by molar-refractivity contribution is -0.129. The summed E-state index contributed by atoms with van der Waals surface area (Å²) < 4.78 is 10.0. The molecule has 0 aromatic heterocycles. The number of anilines is 1. The zero-order valence-corrected chi connectivity index (χ0v) is 15.3. The minimum atomic E-state index is -1.40. The first-order valence-corrected chi connectivity index (χ1v) is 8.82. The van der Waals surface area contributed by atoms with Gasteiger partial charge in [-0.3, -0.25) is 4.79 Å². The van der Waals surface area contributed by atoms with Gasteiger partial charge in [0.2, 0.25) is 0 Å². The molecule has 0 fully saturated rings. The van der Waals surface area contributed by atoms with Crippen LogP contribution in [0.3, 0.4) is 0 Å². The number of amides is 3. The van der Waals surface area contributed by atoms with E-state index in [9.17, 15) is 14.4 Å². The smallest absolute Gasteiger partial charge is 0.430 e. The van der Waals surface area contributed by atoms with Crippen molar-refractivity contribution in [3.63, 3.8) is 0 Å². The van der Waals surface area contributed by atoms with Gasteiger partial charge in [0, 0.05) is 11.3 Å². The molecule has 0 spiro atoms. The Labute approximate surface area is 152 Å². The summed E-state index contributed by atoms with van der Waals surface area (Å²) in [5.74, 6) is -0.392. The van der Waals surface area contributed by atoms with Gasteiger partial charge in [-0.2, -0.15) is 5.01 Å². The SMILES string of the molecule is CCCC[C@]1(N(NC(=O)OCC)C(=O)OCC)C(=O)Nc2ccccc21. The van der Waals surface area contributed by atoms with Gasteiger partial charge in [-0.25, -0.2) is 15.0 Å². The van der Waals surface area contributed by atoms with E-state index in [4.69, 9.17) is 9.47 Å². The van der Waals surface area contributed by atoms with Crippen molar-refractivity contribution < 1.29 is 23.9 Å². The summed E-state index contributed by atoms with van der Waals surface area (Å²) in [6.07, 6.45) is 0.171. The molecule has 0 saturated heterocycles. The summed E-state index contributed by atoms with van der Waals surface area (Å²) >= 11 is 0. The number of carbonyl (C=O) groups excluding carboxylic acids is 3. The van der Waals surface area contributed by atoms with E-state index in [1.807, 2.05) is 6.92 Å². The van der Waals surface area contributed by atoms with Crippen molar-refractivity contribution in [2.24, 2.45) is 0 Å². The first kappa shape index (κ1) is 19.6. The Bertz CT molecular complexity index is 679. The van der Waals surface area contributed by atoms with E-state index >= 15 is 0 Å². The molecule has 1 atom stereocenters. The molecule has 142 valence electrons. The van der Waals surface area contributed by atoms with E-state index in [0.29, 0.717) is 24.1 Å². The molecule has 1 heterocycles. The first-order valence-electron chi connectivity index (χ1n) is 8.82. The normalized spacial score (nSPS) is 17.9. The lowest BCUT2D eigenvalue weighted by atomic mass is 9.85. The predicted octanol–water partition coefficient (Wildman–Crippen LogP) is 3.14. The standard InChI is InChI=1S/C18H25N3O5/c1-4-7-12-18(13-10-8-9-11-14(13)19-15(18)22)21(17(24)26-6-3)20-16(23)25-5-2/h8-11H,4-7,12H2,1-3H3,(H,19,22)(H,20,23)/t18-/m1/s1. The van der Waals surface area contributed by atoms with E-state index in [2.05, 4.69) is 10.7 Å². The minimum Gasteiger partial charge on any atom is -0.449 e. The van der Waals surface area contributed by atoms with Crippen LogP contribution in [0.5, 0.6) is 0 Å². The summed E-state index contributed by atoms with van der Waals surface area (Å²) in [4.78, 5) is 37.7. The van der Waals surface area contributed by atoms with E-state index in [1.54, 1.807) is 38.1 Å². The van der Waals surface area contributed by atoms with Crippen LogP contribution in [0.2, 0.25) is 0 Å². The molecule has 1 aliphatic rings. The molecule has 1 aliphatic heterocycles. The monoisotopic (exact) mass is 363 g/mol. The van der Waals surface area contributed by atoms with Crippen LogP contribution < -0.4 is 10.7 Å². The summed E-state index contributed by atoms with van der Waals surface area (Å²) in [5.41, 5.74) is 2.22. The second-order valence-electron chi connectivity index (χ2n) is 5.83. The van der Waals surface area contributed by atoms with Crippen LogP contribution in [-0.4, -0.2) is 36.3 Å². The number of nitrogens with one attached hydrogen (secondary N) is 2. The van der Waals surface area contributed by atoms with Gasteiger partial charge in [-0.05, 0) is 26.3 Å². The Kier molecular flexibility index (Phi) is 6.43. The minimum absolute atomic E-state index is 0.104. The third-order valence-corrected chi connectivity index (χ3v) is 4.20. The fourth-order valence-electron chi connectivity index (χ4n) is 3.05. The van der Waals surface area contributed by atoms with E-state index < -0.39 is 23.6 Å². The number of hydrogen-bond donors (Lipinski definition) is 2. The average molecular weight is 363 g/mol. The molecule has 2 rings (SSSR count). The molecule has 3 amide bonds. The molecule has 8 heteroatoms. The van der Waals surface area contributed by atoms with Crippen LogP contribution in [0.15, 0.2) is 24.3 Å². The molecular formula is C18H25N3O5. The van der Waals surface area contributed by atoms with E-state index in [1.165, 1.54) is 0 Å². The third kappa shape index (κ3) is 3.58. The number of para-hydroxylation sites is 1. The number of hydrazine groups is 1. The number of ether oxygens (including phenoxy) is 2. The zero-order chi connectivity index (χ0) is 19.2. The lowest BCUT2D eigenvalue weighted by Crippen LogP contribution is -2.61. The average Bonchev–Trinajstić information content (AvgIpc) is 2.90. The summed E-state index contributed by atoms with van der Waals surface area (Å²) in [5, 5.41) is 3.76. The van der Waals surface area contributed by atoms with Gasteiger partial charge in [0.05, 0.1) is 13.2 Å². The summed E-state index contributed by atoms with van der Waals surface area (Å²) in [6.45, 7) is 5.53. The molecule has 0 bridgehead atoms. The Balaban J connectivity index is 2.54. The van der Waals surface area contributed by atoms with Gasteiger partial charge < -0.3 is 14.8 Å². The van der Waals surface area contributed by atoms with Crippen LogP contribution in [0.1, 0.15) is 45.6 Å². The van der Waals surface area contributed by atoms with Crippen molar-refractivity contribution in [1.82, 2.24) is 10.4 Å². The molecule has 1 aromatic carbocycles. The van der Waals surface area contributed by atoms with Gasteiger partial charge >= 0.3 is 12.2 Å². The fraction of sp³-hybridized carbons (Fsp3) is 0.500. The van der Waals surface area contributed by atoms with Crippen LogP contribution in [-0.2, 0) is 19.8 Å². The largest absolute Gasteiger partial charge is 0.449 e. The number of carbonyl (C=O) groups is 3. The Morgan fingerprint density at radius 3 is 2.50 bits per heavy atom. The van der Waals surface area contributed by atoms with Gasteiger partial charge in [0.1, 0.15) is 0 Å². The molecule has 0 unspecified atom stereocenters. The number of unbranched alkanes of at least 4 members (excludes halogenated alkanes) is 1. The number of rotatable bonds is 6. The van der Waals surface area contributed by atoms with Crippen LogP contribution in [0.4, 0.5) is 15.3 Å². The highest BCUT2D eigenvalue weighted by atomic mass is 16.6. The fourth-order valence-corrected chi connectivity index (χ4v) is 3.05. The molecular weight excluding hydrogens is 338 g/mol. The lowest BCUT2D eigenvalue weighted by Gasteiger charge is -2.38. The van der Waals surface area contributed by atoms with Crippen molar-refractivity contribution in [2.45, 2.75) is 45.6 Å². The second-order valence-corrected chi connectivity index (χ2v) is 5.83. The van der Waals surface area contributed by atoms with Crippen LogP contribution in [0.25, 0.3) is 0 Å². The van der Waals surface area contributed by atoms with Crippen molar-refractivity contribution in [3.8, 4) is 0 Å². The molecule has 26 heavy (non-hydrogen) atoms. The van der Waals surface area contributed by atoms with Crippen LogP contribution in [0, 0.1) is 0 Å². The number of fused-ring (bicyclic) bond motifs is 1. The van der Waals surface area contributed by atoms with Gasteiger partial charge in [-0.15, -0.1) is 0 Å². The Morgan fingerprint density at radius 1 is 1.15 bits per heavy atom. The van der Waals surface area contributed by atoms with Gasteiger partial charge in [0.15, 0.2) is 5.54 Å². The number of hydrogen-bond acceptors (Lipinski definition) is 5. The molecule has 0 radical (unpaired) electrons.